The molecule has 0 saturated carbocycles. The molecule has 2 aromatic carbocycles. The molecule has 30 heavy (non-hydrogen) atoms. The van der Waals surface area contributed by atoms with Crippen molar-refractivity contribution in [1.82, 2.24) is 10.6 Å². The van der Waals surface area contributed by atoms with Gasteiger partial charge in [0.05, 0.1) is 6.04 Å². The van der Waals surface area contributed by atoms with Crippen molar-refractivity contribution in [3.63, 3.8) is 0 Å². The summed E-state index contributed by atoms with van der Waals surface area (Å²) in [5.74, 6) is -1.92. The zero-order valence-corrected chi connectivity index (χ0v) is 16.7. The third-order valence-corrected chi connectivity index (χ3v) is 4.63. The number of hydrogen-bond acceptors (Lipinski definition) is 4. The average molecular weight is 409 g/mol. The first-order valence-electron chi connectivity index (χ1n) is 9.73. The zero-order chi connectivity index (χ0) is 21.9. The molecule has 7 heteroatoms. The van der Waals surface area contributed by atoms with Crippen LogP contribution in [0.3, 0.4) is 0 Å². The molecule has 0 aliphatic heterocycles. The van der Waals surface area contributed by atoms with Crippen LogP contribution in [0.2, 0.25) is 0 Å². The highest BCUT2D eigenvalue weighted by Gasteiger charge is 2.31. The van der Waals surface area contributed by atoms with E-state index in [0.717, 1.165) is 0 Å². The van der Waals surface area contributed by atoms with E-state index < -0.39 is 35.9 Å². The minimum Gasteiger partial charge on any atom is -0.381 e. The van der Waals surface area contributed by atoms with Gasteiger partial charge in [0.25, 0.3) is 11.8 Å². The SMILES string of the molecule is C=CCCC[C@@H](NC(=O)[C@H](O)[C@@H](NC(=O)c1ccccc1)c1ccccc1)C(N)=O. The molecule has 0 radical (unpaired) electrons. The van der Waals surface area contributed by atoms with E-state index in [9.17, 15) is 19.5 Å². The van der Waals surface area contributed by atoms with Gasteiger partial charge in [0, 0.05) is 5.56 Å². The van der Waals surface area contributed by atoms with Crippen LogP contribution in [0.15, 0.2) is 73.3 Å². The molecule has 0 aliphatic rings. The summed E-state index contributed by atoms with van der Waals surface area (Å²) in [5.41, 5.74) is 6.32. The Morgan fingerprint density at radius 2 is 1.60 bits per heavy atom. The van der Waals surface area contributed by atoms with Crippen LogP contribution in [-0.2, 0) is 9.59 Å². The molecule has 0 aromatic heterocycles. The average Bonchev–Trinajstić information content (AvgIpc) is 2.77. The summed E-state index contributed by atoms with van der Waals surface area (Å²) in [4.78, 5) is 37.0. The van der Waals surface area contributed by atoms with Gasteiger partial charge in [-0.3, -0.25) is 14.4 Å². The fraction of sp³-hybridized carbons (Fsp3) is 0.261. The van der Waals surface area contributed by atoms with E-state index in [4.69, 9.17) is 5.73 Å². The van der Waals surface area contributed by atoms with Crippen molar-refractivity contribution < 1.29 is 19.5 Å². The molecule has 0 bridgehead atoms. The van der Waals surface area contributed by atoms with E-state index in [0.29, 0.717) is 30.4 Å². The highest BCUT2D eigenvalue weighted by atomic mass is 16.3. The molecule has 0 saturated heterocycles. The highest BCUT2D eigenvalue weighted by molar-refractivity contribution is 5.95. The van der Waals surface area contributed by atoms with Gasteiger partial charge >= 0.3 is 0 Å². The third kappa shape index (κ3) is 6.56. The van der Waals surface area contributed by atoms with Gasteiger partial charge in [0.15, 0.2) is 6.10 Å². The van der Waals surface area contributed by atoms with Crippen LogP contribution in [0, 0.1) is 0 Å². The minimum atomic E-state index is -1.62. The normalized spacial score (nSPS) is 13.5. The zero-order valence-electron chi connectivity index (χ0n) is 16.7. The largest absolute Gasteiger partial charge is 0.381 e. The van der Waals surface area contributed by atoms with E-state index in [-0.39, 0.29) is 0 Å². The first-order chi connectivity index (χ1) is 14.4. The molecule has 0 aliphatic carbocycles. The molecule has 3 amide bonds. The van der Waals surface area contributed by atoms with Crippen LogP contribution in [0.4, 0.5) is 0 Å². The Balaban J connectivity index is 2.18. The first kappa shape index (κ1) is 22.8. The predicted molar refractivity (Wildman–Crippen MR) is 114 cm³/mol. The smallest absolute Gasteiger partial charge is 0.252 e. The van der Waals surface area contributed by atoms with Gasteiger partial charge in [-0.2, -0.15) is 0 Å². The molecule has 5 N–H and O–H groups in total. The van der Waals surface area contributed by atoms with E-state index in [1.54, 1.807) is 66.7 Å². The maximum atomic E-state index is 12.7. The van der Waals surface area contributed by atoms with Crippen molar-refractivity contribution in [1.29, 1.82) is 0 Å². The number of aliphatic hydroxyl groups is 1. The summed E-state index contributed by atoms with van der Waals surface area (Å²) in [6, 6.07) is 15.2. The molecule has 0 fully saturated rings. The Hall–Kier alpha value is -3.45. The van der Waals surface area contributed by atoms with Gasteiger partial charge in [0.1, 0.15) is 6.04 Å². The van der Waals surface area contributed by atoms with Crippen molar-refractivity contribution >= 4 is 17.7 Å². The van der Waals surface area contributed by atoms with Crippen molar-refractivity contribution in [2.24, 2.45) is 5.73 Å². The summed E-state index contributed by atoms with van der Waals surface area (Å²) in [6.07, 6.45) is 1.69. The lowest BCUT2D eigenvalue weighted by atomic mass is 9.99. The number of unbranched alkanes of at least 4 members (excludes halogenated alkanes) is 1. The quantitative estimate of drug-likeness (QED) is 0.334. The van der Waals surface area contributed by atoms with Crippen LogP contribution in [-0.4, -0.2) is 35.0 Å². The maximum Gasteiger partial charge on any atom is 0.252 e. The van der Waals surface area contributed by atoms with Crippen molar-refractivity contribution in [3.8, 4) is 0 Å². The van der Waals surface area contributed by atoms with Gasteiger partial charge in [-0.15, -0.1) is 6.58 Å². The summed E-state index contributed by atoms with van der Waals surface area (Å²) in [5, 5.41) is 15.9. The molecule has 0 unspecified atom stereocenters. The number of hydrogen-bond donors (Lipinski definition) is 4. The van der Waals surface area contributed by atoms with Gasteiger partial charge in [-0.05, 0) is 37.0 Å². The number of amides is 3. The lowest BCUT2D eigenvalue weighted by molar-refractivity contribution is -0.134. The Morgan fingerprint density at radius 1 is 1.00 bits per heavy atom. The number of nitrogens with one attached hydrogen (secondary N) is 2. The van der Waals surface area contributed by atoms with Crippen LogP contribution >= 0.6 is 0 Å². The van der Waals surface area contributed by atoms with Gasteiger partial charge in [0.2, 0.25) is 5.91 Å². The Kier molecular flexibility index (Phi) is 8.77. The van der Waals surface area contributed by atoms with Crippen molar-refractivity contribution in [2.45, 2.75) is 37.5 Å². The Labute approximate surface area is 176 Å². The van der Waals surface area contributed by atoms with Crippen LogP contribution in [0.1, 0.15) is 41.2 Å². The predicted octanol–water partition coefficient (Wildman–Crippen LogP) is 1.84. The van der Waals surface area contributed by atoms with Gasteiger partial charge in [-0.1, -0.05) is 54.6 Å². The summed E-state index contributed by atoms with van der Waals surface area (Å²) in [6.45, 7) is 3.62. The molecule has 2 rings (SSSR count). The molecule has 7 nitrogen and oxygen atoms in total. The summed E-state index contributed by atoms with van der Waals surface area (Å²) in [7, 11) is 0. The third-order valence-electron chi connectivity index (χ3n) is 4.63. The number of benzene rings is 2. The highest BCUT2D eigenvalue weighted by Crippen LogP contribution is 2.18. The number of allylic oxidation sites excluding steroid dienone is 1. The van der Waals surface area contributed by atoms with E-state index in [1.165, 1.54) is 0 Å². The lowest BCUT2D eigenvalue weighted by Crippen LogP contribution is -2.51. The van der Waals surface area contributed by atoms with Gasteiger partial charge < -0.3 is 21.5 Å². The molecular weight excluding hydrogens is 382 g/mol. The lowest BCUT2D eigenvalue weighted by Gasteiger charge is -2.25. The molecule has 3 atom stereocenters. The van der Waals surface area contributed by atoms with E-state index in [2.05, 4.69) is 17.2 Å². The maximum absolute atomic E-state index is 12.7. The second-order valence-electron chi connectivity index (χ2n) is 6.86. The van der Waals surface area contributed by atoms with Crippen molar-refractivity contribution in [3.05, 3.63) is 84.4 Å². The second-order valence-corrected chi connectivity index (χ2v) is 6.86. The number of rotatable bonds is 11. The van der Waals surface area contributed by atoms with Crippen LogP contribution in [0.5, 0.6) is 0 Å². The summed E-state index contributed by atoms with van der Waals surface area (Å²) >= 11 is 0. The second kappa shape index (κ2) is 11.5. The summed E-state index contributed by atoms with van der Waals surface area (Å²) < 4.78 is 0. The first-order valence-corrected chi connectivity index (χ1v) is 9.73. The van der Waals surface area contributed by atoms with Crippen LogP contribution < -0.4 is 16.4 Å². The fourth-order valence-corrected chi connectivity index (χ4v) is 2.98. The molecule has 2 aromatic rings. The molecular formula is C23H27N3O4. The standard InChI is InChI=1S/C23H27N3O4/c1-2-3-6-15-18(21(24)28)25-23(30)20(27)19(16-11-7-4-8-12-16)26-22(29)17-13-9-5-10-14-17/h2,4-5,7-14,18-20,27H,1,3,6,15H2,(H2,24,28)(H,25,30)(H,26,29)/t18-,19+,20-/m1/s1. The minimum absolute atomic E-state index is 0.326. The number of carbonyl (C=O) groups is 3. The number of primary amides is 1. The Bertz CT molecular complexity index is 855. The molecule has 158 valence electrons. The fourth-order valence-electron chi connectivity index (χ4n) is 2.98. The van der Waals surface area contributed by atoms with E-state index >= 15 is 0 Å². The number of nitrogens with two attached hydrogens (primary N) is 1. The van der Waals surface area contributed by atoms with Gasteiger partial charge in [-0.25, -0.2) is 0 Å². The monoisotopic (exact) mass is 409 g/mol. The Morgan fingerprint density at radius 3 is 2.17 bits per heavy atom. The van der Waals surface area contributed by atoms with Crippen molar-refractivity contribution in [2.75, 3.05) is 0 Å². The molecule has 0 spiro atoms. The van der Waals surface area contributed by atoms with Crippen LogP contribution in [0.25, 0.3) is 0 Å². The topological polar surface area (TPSA) is 122 Å². The number of carbonyl (C=O) groups excluding carboxylic acids is 3. The molecule has 0 heterocycles. The number of aliphatic hydroxyl groups excluding tert-OH is 1. The van der Waals surface area contributed by atoms with E-state index in [1.807, 2.05) is 0 Å².